The highest BCUT2D eigenvalue weighted by molar-refractivity contribution is 7.15. The Hall–Kier alpha value is -1.99. The van der Waals surface area contributed by atoms with Crippen LogP contribution in [0.5, 0.6) is 5.88 Å². The van der Waals surface area contributed by atoms with Crippen LogP contribution in [0.25, 0.3) is 0 Å². The van der Waals surface area contributed by atoms with Crippen LogP contribution in [0.4, 0.5) is 5.13 Å². The van der Waals surface area contributed by atoms with E-state index in [1.807, 2.05) is 25.3 Å². The smallest absolute Gasteiger partial charge is 0.223 e. The summed E-state index contributed by atoms with van der Waals surface area (Å²) in [6, 6.07) is 3.91. The van der Waals surface area contributed by atoms with Gasteiger partial charge < -0.3 is 10.1 Å². The lowest BCUT2D eigenvalue weighted by Crippen LogP contribution is -2.53. The summed E-state index contributed by atoms with van der Waals surface area (Å²) in [7, 11) is 0. The van der Waals surface area contributed by atoms with Gasteiger partial charge in [0.05, 0.1) is 0 Å². The number of rotatable bonds is 5. The number of hydrogen-bond donors (Lipinski definition) is 1. The third kappa shape index (κ3) is 3.61. The average molecular weight is 318 g/mol. The van der Waals surface area contributed by atoms with Crippen molar-refractivity contribution in [2.75, 3.05) is 18.4 Å². The van der Waals surface area contributed by atoms with E-state index in [4.69, 9.17) is 4.74 Å². The standard InChI is InChI=1S/C15H18N4O2S/c1-10-4-3-5-16-14(10)21-12-7-19(8-12)9-13-6-17-15(22-13)18-11(2)20/h3-6,12H,7-9H2,1-2H3,(H,17,18,20). The molecule has 116 valence electrons. The number of thiazole rings is 1. The van der Waals surface area contributed by atoms with E-state index >= 15 is 0 Å². The van der Waals surface area contributed by atoms with E-state index in [9.17, 15) is 4.79 Å². The molecule has 3 rings (SSSR count). The predicted molar refractivity (Wildman–Crippen MR) is 85.1 cm³/mol. The topological polar surface area (TPSA) is 67.4 Å². The molecule has 22 heavy (non-hydrogen) atoms. The van der Waals surface area contributed by atoms with Gasteiger partial charge in [-0.2, -0.15) is 0 Å². The number of aromatic nitrogens is 2. The molecule has 3 heterocycles. The molecule has 6 nitrogen and oxygen atoms in total. The number of carbonyl (C=O) groups excluding carboxylic acids is 1. The van der Waals surface area contributed by atoms with E-state index in [0.717, 1.165) is 36.0 Å². The molecule has 0 aromatic carbocycles. The van der Waals surface area contributed by atoms with Crippen molar-refractivity contribution < 1.29 is 9.53 Å². The highest BCUT2D eigenvalue weighted by Gasteiger charge is 2.29. The number of amides is 1. The van der Waals surface area contributed by atoms with Crippen LogP contribution < -0.4 is 10.1 Å². The zero-order valence-electron chi connectivity index (χ0n) is 12.6. The van der Waals surface area contributed by atoms with Crippen LogP contribution in [0.1, 0.15) is 17.4 Å². The fraction of sp³-hybridized carbons (Fsp3) is 0.400. The Morgan fingerprint density at radius 1 is 1.50 bits per heavy atom. The molecule has 1 fully saturated rings. The summed E-state index contributed by atoms with van der Waals surface area (Å²) >= 11 is 1.51. The molecule has 0 spiro atoms. The van der Waals surface area contributed by atoms with Crippen molar-refractivity contribution >= 4 is 22.4 Å². The lowest BCUT2D eigenvalue weighted by Gasteiger charge is -2.38. The number of ether oxygens (including phenoxy) is 1. The van der Waals surface area contributed by atoms with Gasteiger partial charge in [0.15, 0.2) is 5.13 Å². The second kappa shape index (κ2) is 6.41. The number of likely N-dealkylation sites (tertiary alicyclic amines) is 1. The van der Waals surface area contributed by atoms with E-state index in [1.54, 1.807) is 6.20 Å². The van der Waals surface area contributed by atoms with Crippen molar-refractivity contribution in [1.29, 1.82) is 0 Å². The van der Waals surface area contributed by atoms with Gasteiger partial charge in [-0.05, 0) is 13.0 Å². The number of nitrogens with zero attached hydrogens (tertiary/aromatic N) is 3. The molecular formula is C15H18N4O2S. The van der Waals surface area contributed by atoms with Gasteiger partial charge in [-0.1, -0.05) is 6.07 Å². The summed E-state index contributed by atoms with van der Waals surface area (Å²) in [5.74, 6) is 0.627. The molecule has 0 unspecified atom stereocenters. The summed E-state index contributed by atoms with van der Waals surface area (Å²) < 4.78 is 5.88. The average Bonchev–Trinajstić information content (AvgIpc) is 2.85. The van der Waals surface area contributed by atoms with Crippen molar-refractivity contribution in [2.24, 2.45) is 0 Å². The first kappa shape index (κ1) is 14.9. The van der Waals surface area contributed by atoms with E-state index in [0.29, 0.717) is 5.13 Å². The summed E-state index contributed by atoms with van der Waals surface area (Å²) in [6.45, 7) is 6.07. The summed E-state index contributed by atoms with van der Waals surface area (Å²) in [6.07, 6.45) is 3.75. The second-order valence-electron chi connectivity index (χ2n) is 5.37. The maximum Gasteiger partial charge on any atom is 0.223 e. The molecule has 1 N–H and O–H groups in total. The predicted octanol–water partition coefficient (Wildman–Crippen LogP) is 2.07. The minimum Gasteiger partial charge on any atom is -0.471 e. The number of carbonyl (C=O) groups is 1. The van der Waals surface area contributed by atoms with Gasteiger partial charge in [-0.15, -0.1) is 11.3 Å². The van der Waals surface area contributed by atoms with Gasteiger partial charge in [-0.25, -0.2) is 9.97 Å². The van der Waals surface area contributed by atoms with E-state index in [-0.39, 0.29) is 12.0 Å². The van der Waals surface area contributed by atoms with Gasteiger partial charge in [0.1, 0.15) is 6.10 Å². The number of nitrogens with one attached hydrogen (secondary N) is 1. The number of aryl methyl sites for hydroxylation is 1. The third-order valence-electron chi connectivity index (χ3n) is 3.38. The van der Waals surface area contributed by atoms with E-state index in [1.165, 1.54) is 18.3 Å². The highest BCUT2D eigenvalue weighted by atomic mass is 32.1. The SMILES string of the molecule is CC(=O)Nc1ncc(CN2CC(Oc3ncccc3C)C2)s1. The monoisotopic (exact) mass is 318 g/mol. The van der Waals surface area contributed by atoms with Gasteiger partial charge in [0, 0.05) is 49.4 Å². The molecule has 2 aromatic rings. The fourth-order valence-electron chi connectivity index (χ4n) is 2.29. The molecule has 0 radical (unpaired) electrons. The Bertz CT molecular complexity index is 667. The van der Waals surface area contributed by atoms with Crippen LogP contribution in [0.3, 0.4) is 0 Å². The minimum atomic E-state index is -0.0935. The Labute approximate surface area is 133 Å². The van der Waals surface area contributed by atoms with Crippen molar-refractivity contribution in [3.63, 3.8) is 0 Å². The maximum absolute atomic E-state index is 11.0. The molecule has 0 aliphatic carbocycles. The summed E-state index contributed by atoms with van der Waals surface area (Å²) in [5.41, 5.74) is 1.06. The number of pyridine rings is 1. The van der Waals surface area contributed by atoms with Crippen LogP contribution in [0.2, 0.25) is 0 Å². The maximum atomic E-state index is 11.0. The zero-order valence-corrected chi connectivity index (χ0v) is 13.4. The van der Waals surface area contributed by atoms with Crippen LogP contribution >= 0.6 is 11.3 Å². The molecule has 1 aliphatic heterocycles. The second-order valence-corrected chi connectivity index (χ2v) is 6.49. The minimum absolute atomic E-state index is 0.0935. The number of anilines is 1. The lowest BCUT2D eigenvalue weighted by molar-refractivity contribution is -0.114. The first-order chi connectivity index (χ1) is 10.6. The Kier molecular flexibility index (Phi) is 4.35. The molecule has 1 amide bonds. The fourth-order valence-corrected chi connectivity index (χ4v) is 3.19. The molecule has 1 saturated heterocycles. The first-order valence-electron chi connectivity index (χ1n) is 7.13. The van der Waals surface area contributed by atoms with Gasteiger partial charge >= 0.3 is 0 Å². The molecule has 7 heteroatoms. The van der Waals surface area contributed by atoms with E-state index in [2.05, 4.69) is 20.2 Å². The Morgan fingerprint density at radius 3 is 3.05 bits per heavy atom. The first-order valence-corrected chi connectivity index (χ1v) is 7.95. The lowest BCUT2D eigenvalue weighted by atomic mass is 10.1. The number of hydrogen-bond acceptors (Lipinski definition) is 6. The van der Waals surface area contributed by atoms with E-state index < -0.39 is 0 Å². The highest BCUT2D eigenvalue weighted by Crippen LogP contribution is 2.24. The molecule has 2 aromatic heterocycles. The Balaban J connectivity index is 1.46. The molecule has 0 atom stereocenters. The van der Waals surface area contributed by atoms with Crippen molar-refractivity contribution in [3.05, 3.63) is 35.0 Å². The quantitative estimate of drug-likeness (QED) is 0.914. The molecule has 0 saturated carbocycles. The van der Waals surface area contributed by atoms with Crippen molar-refractivity contribution in [3.8, 4) is 5.88 Å². The largest absolute Gasteiger partial charge is 0.471 e. The molecule has 1 aliphatic rings. The van der Waals surface area contributed by atoms with Crippen LogP contribution in [-0.4, -0.2) is 40.0 Å². The zero-order chi connectivity index (χ0) is 15.5. The van der Waals surface area contributed by atoms with Crippen molar-refractivity contribution in [2.45, 2.75) is 26.5 Å². The van der Waals surface area contributed by atoms with Gasteiger partial charge in [-0.3, -0.25) is 9.69 Å². The Morgan fingerprint density at radius 2 is 2.32 bits per heavy atom. The van der Waals surface area contributed by atoms with Crippen molar-refractivity contribution in [1.82, 2.24) is 14.9 Å². The van der Waals surface area contributed by atoms with Gasteiger partial charge in [0.25, 0.3) is 0 Å². The summed E-state index contributed by atoms with van der Waals surface area (Å²) in [4.78, 5) is 22.8. The van der Waals surface area contributed by atoms with Gasteiger partial charge in [0.2, 0.25) is 11.8 Å². The molecular weight excluding hydrogens is 300 g/mol. The van der Waals surface area contributed by atoms with Crippen LogP contribution in [-0.2, 0) is 11.3 Å². The summed E-state index contributed by atoms with van der Waals surface area (Å²) in [5, 5.41) is 3.35. The normalized spacial score (nSPS) is 15.4. The van der Waals surface area contributed by atoms with Crippen LogP contribution in [0.15, 0.2) is 24.5 Å². The third-order valence-corrected chi connectivity index (χ3v) is 4.28. The van der Waals surface area contributed by atoms with Crippen LogP contribution in [0, 0.1) is 6.92 Å². The molecule has 0 bridgehead atoms.